The van der Waals surface area contributed by atoms with Crippen molar-refractivity contribution in [1.82, 2.24) is 4.90 Å². The summed E-state index contributed by atoms with van der Waals surface area (Å²) in [5.74, 6) is 0.0995. The molecule has 1 aliphatic carbocycles. The molecule has 0 spiro atoms. The quantitative estimate of drug-likeness (QED) is 0.285. The third-order valence-electron chi connectivity index (χ3n) is 7.93. The molecule has 35 heavy (non-hydrogen) atoms. The molecule has 182 valence electrons. The van der Waals surface area contributed by atoms with E-state index in [0.29, 0.717) is 12.0 Å². The van der Waals surface area contributed by atoms with Gasteiger partial charge in [0.1, 0.15) is 5.82 Å². The summed E-state index contributed by atoms with van der Waals surface area (Å²) < 4.78 is 13.8. The Morgan fingerprint density at radius 2 is 1.43 bits per heavy atom. The second-order valence-corrected chi connectivity index (χ2v) is 10.0. The van der Waals surface area contributed by atoms with Gasteiger partial charge in [0.15, 0.2) is 0 Å². The highest BCUT2D eigenvalue weighted by Gasteiger charge is 2.42. The second kappa shape index (κ2) is 12.1. The van der Waals surface area contributed by atoms with Crippen molar-refractivity contribution in [3.05, 3.63) is 107 Å². The van der Waals surface area contributed by atoms with E-state index in [1.54, 1.807) is 0 Å². The zero-order valence-electron chi connectivity index (χ0n) is 20.9. The van der Waals surface area contributed by atoms with Gasteiger partial charge in [-0.05, 0) is 66.8 Å². The topological polar surface area (TPSA) is 27.0 Å². The molecule has 0 aliphatic heterocycles. The van der Waals surface area contributed by atoms with Crippen LogP contribution in [0.15, 0.2) is 84.9 Å². The molecular weight excluding hydrogens is 431 g/mol. The van der Waals surface area contributed by atoms with Crippen molar-refractivity contribution in [1.29, 1.82) is 5.26 Å². The van der Waals surface area contributed by atoms with Crippen LogP contribution in [0, 0.1) is 23.1 Å². The van der Waals surface area contributed by atoms with Gasteiger partial charge in [-0.2, -0.15) is 5.26 Å². The minimum atomic E-state index is -0.553. The van der Waals surface area contributed by atoms with E-state index in [-0.39, 0.29) is 5.82 Å². The number of benzene rings is 3. The fourth-order valence-corrected chi connectivity index (χ4v) is 5.95. The van der Waals surface area contributed by atoms with Crippen molar-refractivity contribution in [3.63, 3.8) is 0 Å². The highest BCUT2D eigenvalue weighted by Crippen LogP contribution is 2.45. The van der Waals surface area contributed by atoms with Gasteiger partial charge in [-0.1, -0.05) is 92.6 Å². The van der Waals surface area contributed by atoms with Crippen molar-refractivity contribution >= 4 is 0 Å². The van der Waals surface area contributed by atoms with Crippen LogP contribution in [0.3, 0.4) is 0 Å². The summed E-state index contributed by atoms with van der Waals surface area (Å²) in [5, 5.41) is 10.6. The molecule has 3 aromatic rings. The highest BCUT2D eigenvalue weighted by atomic mass is 19.1. The average molecular weight is 469 g/mol. The molecule has 2 nitrogen and oxygen atoms in total. The summed E-state index contributed by atoms with van der Waals surface area (Å²) in [5.41, 5.74) is 3.05. The number of rotatable bonds is 11. The summed E-state index contributed by atoms with van der Waals surface area (Å²) in [6.45, 7) is 4.02. The van der Waals surface area contributed by atoms with Crippen molar-refractivity contribution in [2.75, 3.05) is 0 Å². The molecule has 3 aromatic carbocycles. The SMILES string of the molecule is CCC(CCC(C#N)(c1ccc(F)cc1)C1CCCC1)N(Cc1ccccc1)Cc1ccccc1. The zero-order valence-corrected chi connectivity index (χ0v) is 20.9. The summed E-state index contributed by atoms with van der Waals surface area (Å²) in [7, 11) is 0. The van der Waals surface area contributed by atoms with Gasteiger partial charge in [-0.25, -0.2) is 4.39 Å². The first-order valence-electron chi connectivity index (χ1n) is 13.1. The van der Waals surface area contributed by atoms with Gasteiger partial charge >= 0.3 is 0 Å². The van der Waals surface area contributed by atoms with E-state index >= 15 is 0 Å². The lowest BCUT2D eigenvalue weighted by Gasteiger charge is -2.37. The fourth-order valence-electron chi connectivity index (χ4n) is 5.95. The maximum absolute atomic E-state index is 13.8. The standard InChI is InChI=1S/C32H37FN2/c1-2-31(35(23-26-11-5-3-6-12-26)24-27-13-7-4-8-14-27)21-22-32(25-34,28-15-9-10-16-28)29-17-19-30(33)20-18-29/h3-8,11-14,17-20,28,31H,2,9-10,15-16,21-24H2,1H3. The maximum atomic E-state index is 13.8. The zero-order chi connectivity index (χ0) is 24.5. The molecule has 1 saturated carbocycles. The summed E-state index contributed by atoms with van der Waals surface area (Å²) in [6, 6.07) is 31.2. The van der Waals surface area contributed by atoms with Crippen LogP contribution in [0.25, 0.3) is 0 Å². The Kier molecular flexibility index (Phi) is 8.72. The fraction of sp³-hybridized carbons (Fsp3) is 0.406. The number of hydrogen-bond donors (Lipinski definition) is 0. The lowest BCUT2D eigenvalue weighted by atomic mass is 9.67. The van der Waals surface area contributed by atoms with Crippen LogP contribution in [0.4, 0.5) is 4.39 Å². The smallest absolute Gasteiger partial charge is 0.123 e. The summed E-state index contributed by atoms with van der Waals surface area (Å²) >= 11 is 0. The van der Waals surface area contributed by atoms with Crippen LogP contribution in [0.5, 0.6) is 0 Å². The Balaban J connectivity index is 1.60. The Morgan fingerprint density at radius 3 is 1.91 bits per heavy atom. The Morgan fingerprint density at radius 1 is 0.886 bits per heavy atom. The molecule has 0 heterocycles. The van der Waals surface area contributed by atoms with Gasteiger partial charge in [0.2, 0.25) is 0 Å². The third kappa shape index (κ3) is 6.19. The Labute approximate surface area is 210 Å². The molecular formula is C32H37FN2. The first kappa shape index (κ1) is 25.1. The van der Waals surface area contributed by atoms with Crippen molar-refractivity contribution < 1.29 is 4.39 Å². The monoisotopic (exact) mass is 468 g/mol. The predicted molar refractivity (Wildman–Crippen MR) is 141 cm³/mol. The molecule has 2 atom stereocenters. The van der Waals surface area contributed by atoms with Crippen molar-refractivity contribution in [2.45, 2.75) is 76.4 Å². The largest absolute Gasteiger partial charge is 0.292 e. The highest BCUT2D eigenvalue weighted by molar-refractivity contribution is 5.34. The van der Waals surface area contributed by atoms with Crippen LogP contribution in [0.2, 0.25) is 0 Å². The van der Waals surface area contributed by atoms with Crippen molar-refractivity contribution in [2.24, 2.45) is 5.92 Å². The normalized spacial score (nSPS) is 16.6. The molecule has 0 aromatic heterocycles. The van der Waals surface area contributed by atoms with Crippen LogP contribution < -0.4 is 0 Å². The predicted octanol–water partition coefficient (Wildman–Crippen LogP) is 8.04. The van der Waals surface area contributed by atoms with Crippen molar-refractivity contribution in [3.8, 4) is 6.07 Å². The van der Waals surface area contributed by atoms with E-state index in [1.165, 1.54) is 36.1 Å². The van der Waals surface area contributed by atoms with Crippen LogP contribution in [0.1, 0.15) is 68.6 Å². The van der Waals surface area contributed by atoms with Gasteiger partial charge in [0.05, 0.1) is 11.5 Å². The molecule has 0 radical (unpaired) electrons. The number of nitrogens with zero attached hydrogens (tertiary/aromatic N) is 2. The van der Waals surface area contributed by atoms with Crippen LogP contribution in [-0.4, -0.2) is 10.9 Å². The van der Waals surface area contributed by atoms with Crippen LogP contribution >= 0.6 is 0 Å². The molecule has 2 unspecified atom stereocenters. The van der Waals surface area contributed by atoms with Gasteiger partial charge < -0.3 is 0 Å². The molecule has 1 fully saturated rings. The Hall–Kier alpha value is -2.96. The lowest BCUT2D eigenvalue weighted by Crippen LogP contribution is -2.38. The second-order valence-electron chi connectivity index (χ2n) is 10.0. The molecule has 0 N–H and O–H groups in total. The third-order valence-corrected chi connectivity index (χ3v) is 7.93. The van der Waals surface area contributed by atoms with Gasteiger partial charge in [0.25, 0.3) is 0 Å². The summed E-state index contributed by atoms with van der Waals surface area (Å²) in [6.07, 6.45) is 7.30. The number of halogens is 1. The van der Waals surface area contributed by atoms with E-state index in [1.807, 2.05) is 12.1 Å². The van der Waals surface area contributed by atoms with Gasteiger partial charge in [0, 0.05) is 19.1 Å². The molecule has 3 heteroatoms. The minimum absolute atomic E-state index is 0.240. The van der Waals surface area contributed by atoms with E-state index in [4.69, 9.17) is 0 Å². The van der Waals surface area contributed by atoms with E-state index in [0.717, 1.165) is 50.8 Å². The van der Waals surface area contributed by atoms with E-state index < -0.39 is 5.41 Å². The molecule has 0 saturated heterocycles. The van der Waals surface area contributed by atoms with E-state index in [2.05, 4.69) is 78.6 Å². The first-order chi connectivity index (χ1) is 17.1. The van der Waals surface area contributed by atoms with E-state index in [9.17, 15) is 9.65 Å². The van der Waals surface area contributed by atoms with Crippen LogP contribution in [-0.2, 0) is 18.5 Å². The molecule has 0 amide bonds. The van der Waals surface area contributed by atoms with Gasteiger partial charge in [-0.15, -0.1) is 0 Å². The number of hydrogen-bond acceptors (Lipinski definition) is 2. The van der Waals surface area contributed by atoms with Gasteiger partial charge in [-0.3, -0.25) is 4.90 Å². The molecule has 0 bridgehead atoms. The minimum Gasteiger partial charge on any atom is -0.292 e. The summed E-state index contributed by atoms with van der Waals surface area (Å²) in [4.78, 5) is 2.58. The average Bonchev–Trinajstić information content (AvgIpc) is 3.44. The first-order valence-corrected chi connectivity index (χ1v) is 13.1. The Bertz CT molecular complexity index is 1030. The number of nitriles is 1. The maximum Gasteiger partial charge on any atom is 0.123 e. The lowest BCUT2D eigenvalue weighted by molar-refractivity contribution is 0.150. The molecule has 1 aliphatic rings. The molecule has 4 rings (SSSR count).